The second-order valence-electron chi connectivity index (χ2n) is 9.02. The lowest BCUT2D eigenvalue weighted by molar-refractivity contribution is 0.1000. The monoisotopic (exact) mass is 490 g/mol. The Balaban J connectivity index is 1.95. The fourth-order valence-electron chi connectivity index (χ4n) is 5.01. The van der Waals surface area contributed by atoms with E-state index < -0.39 is 5.91 Å². The summed E-state index contributed by atoms with van der Waals surface area (Å²) in [6, 6.07) is 13.8. The Morgan fingerprint density at radius 1 is 0.971 bits per heavy atom. The number of benzene rings is 1. The van der Waals surface area contributed by atoms with Gasteiger partial charge in [0.05, 0.1) is 16.8 Å². The summed E-state index contributed by atoms with van der Waals surface area (Å²) >= 11 is 1.74. The number of amides is 1. The van der Waals surface area contributed by atoms with Crippen molar-refractivity contribution in [2.45, 2.75) is 59.4 Å². The summed E-state index contributed by atoms with van der Waals surface area (Å²) in [5.41, 5.74) is 11.1. The molecule has 0 saturated heterocycles. The molecule has 0 spiro atoms. The van der Waals surface area contributed by atoms with E-state index in [4.69, 9.17) is 5.73 Å². The van der Waals surface area contributed by atoms with E-state index in [0.29, 0.717) is 16.7 Å². The number of hydrogen-bond donors (Lipinski definition) is 1. The number of carbonyl (C=O) groups is 1. The minimum absolute atomic E-state index is 0.133. The summed E-state index contributed by atoms with van der Waals surface area (Å²) < 4.78 is 5.76. The van der Waals surface area contributed by atoms with E-state index in [0.717, 1.165) is 61.4 Å². The van der Waals surface area contributed by atoms with E-state index in [1.165, 1.54) is 4.88 Å². The van der Waals surface area contributed by atoms with Crippen LogP contribution in [0.5, 0.6) is 0 Å². The highest BCUT2D eigenvalue weighted by Crippen LogP contribution is 2.35. The number of aromatic nitrogens is 3. The Morgan fingerprint density at radius 3 is 2.34 bits per heavy atom. The van der Waals surface area contributed by atoms with Crippen molar-refractivity contribution in [2.24, 2.45) is 12.8 Å². The van der Waals surface area contributed by atoms with Crippen LogP contribution >= 0.6 is 11.3 Å². The molecule has 6 nitrogen and oxygen atoms in total. The molecule has 0 aliphatic carbocycles. The van der Waals surface area contributed by atoms with Crippen LogP contribution in [0.1, 0.15) is 58.5 Å². The van der Waals surface area contributed by atoms with Gasteiger partial charge in [-0.2, -0.15) is 0 Å². The zero-order valence-corrected chi connectivity index (χ0v) is 21.8. The first-order chi connectivity index (χ1) is 16.9. The van der Waals surface area contributed by atoms with Gasteiger partial charge in [-0.3, -0.25) is 14.3 Å². The van der Waals surface area contributed by atoms with Gasteiger partial charge in [-0.15, -0.1) is 11.3 Å². The van der Waals surface area contributed by atoms with Crippen LogP contribution in [0.25, 0.3) is 16.8 Å². The molecule has 35 heavy (non-hydrogen) atoms. The summed E-state index contributed by atoms with van der Waals surface area (Å²) in [6.07, 6.45) is 4.83. The molecule has 0 saturated carbocycles. The van der Waals surface area contributed by atoms with Gasteiger partial charge in [0.2, 0.25) is 0 Å². The number of thiophene rings is 1. The van der Waals surface area contributed by atoms with Crippen molar-refractivity contribution in [3.63, 3.8) is 0 Å². The van der Waals surface area contributed by atoms with Crippen LogP contribution in [0.4, 0.5) is 0 Å². The average molecular weight is 491 g/mol. The van der Waals surface area contributed by atoms with Gasteiger partial charge in [0.15, 0.2) is 0 Å². The summed E-state index contributed by atoms with van der Waals surface area (Å²) in [6.45, 7) is 6.81. The molecule has 0 aliphatic rings. The number of primary amides is 1. The molecular weight excluding hydrogens is 456 g/mol. The molecule has 0 bridgehead atoms. The number of unbranched alkanes of at least 4 members (excludes halogenated alkanes) is 2. The number of rotatable bonds is 10. The van der Waals surface area contributed by atoms with Gasteiger partial charge in [-0.1, -0.05) is 44.0 Å². The molecule has 0 atom stereocenters. The Kier molecular flexibility index (Phi) is 7.45. The predicted octanol–water partition coefficient (Wildman–Crippen LogP) is 5.40. The standard InChI is InChI=1S/C28H34N4O2S/c1-5-6-8-15-23-26(24(27(29)33)20(3)31(23)17-16-22-14-11-18-35-22)25-19(2)30(4)32(28(25)34)21-12-9-7-10-13-21/h7,9-14,18H,5-6,8,15-17H2,1-4H3,(H2,29,33). The molecule has 4 aromatic rings. The van der Waals surface area contributed by atoms with Crippen LogP contribution in [0.15, 0.2) is 52.6 Å². The highest BCUT2D eigenvalue weighted by Gasteiger charge is 2.30. The Bertz CT molecular complexity index is 1370. The van der Waals surface area contributed by atoms with Gasteiger partial charge >= 0.3 is 0 Å². The summed E-state index contributed by atoms with van der Waals surface area (Å²) in [5.74, 6) is -0.488. The van der Waals surface area contributed by atoms with Crippen molar-refractivity contribution >= 4 is 17.2 Å². The van der Waals surface area contributed by atoms with Crippen LogP contribution in [-0.4, -0.2) is 19.8 Å². The lowest BCUT2D eigenvalue weighted by atomic mass is 9.97. The second kappa shape index (κ2) is 10.5. The number of carbonyl (C=O) groups excluding carboxylic acids is 1. The number of aryl methyl sites for hydroxylation is 1. The minimum atomic E-state index is -0.488. The van der Waals surface area contributed by atoms with Crippen molar-refractivity contribution in [3.05, 3.63) is 85.7 Å². The van der Waals surface area contributed by atoms with Gasteiger partial charge in [0, 0.05) is 41.1 Å². The molecule has 1 aromatic carbocycles. The normalized spacial score (nSPS) is 11.3. The molecule has 1 amide bonds. The number of nitrogens with zero attached hydrogens (tertiary/aromatic N) is 3. The van der Waals surface area contributed by atoms with Gasteiger partial charge in [0.1, 0.15) is 0 Å². The molecule has 0 aliphatic heterocycles. The predicted molar refractivity (Wildman–Crippen MR) is 144 cm³/mol. The SMILES string of the molecule is CCCCCc1c(-c2c(C)n(C)n(-c3ccccc3)c2=O)c(C(N)=O)c(C)n1CCc1cccs1. The Hall–Kier alpha value is -3.32. The van der Waals surface area contributed by atoms with E-state index >= 15 is 0 Å². The van der Waals surface area contributed by atoms with Crippen molar-refractivity contribution in [1.82, 2.24) is 13.9 Å². The minimum Gasteiger partial charge on any atom is -0.366 e. The highest BCUT2D eigenvalue weighted by atomic mass is 32.1. The molecule has 2 N–H and O–H groups in total. The van der Waals surface area contributed by atoms with Crippen molar-refractivity contribution in [3.8, 4) is 16.8 Å². The fourth-order valence-corrected chi connectivity index (χ4v) is 5.70. The second-order valence-corrected chi connectivity index (χ2v) is 10.1. The van der Waals surface area contributed by atoms with Crippen LogP contribution in [0, 0.1) is 13.8 Å². The number of para-hydroxylation sites is 1. The molecular formula is C28H34N4O2S. The summed E-state index contributed by atoms with van der Waals surface area (Å²) in [7, 11) is 1.88. The van der Waals surface area contributed by atoms with Crippen LogP contribution in [-0.2, 0) is 26.4 Å². The maximum atomic E-state index is 13.9. The van der Waals surface area contributed by atoms with E-state index in [1.807, 2.05) is 55.9 Å². The smallest absolute Gasteiger partial charge is 0.279 e. The Morgan fingerprint density at radius 2 is 1.71 bits per heavy atom. The Labute approximate surface area is 210 Å². The van der Waals surface area contributed by atoms with E-state index in [-0.39, 0.29) is 5.56 Å². The molecule has 0 unspecified atom stereocenters. The largest absolute Gasteiger partial charge is 0.366 e. The fraction of sp³-hybridized carbons (Fsp3) is 0.357. The van der Waals surface area contributed by atoms with E-state index in [1.54, 1.807) is 16.0 Å². The molecule has 4 rings (SSSR count). The van der Waals surface area contributed by atoms with E-state index in [2.05, 4.69) is 29.0 Å². The topological polar surface area (TPSA) is 75.0 Å². The number of hydrogen-bond acceptors (Lipinski definition) is 3. The maximum absolute atomic E-state index is 13.9. The van der Waals surface area contributed by atoms with Crippen molar-refractivity contribution < 1.29 is 4.79 Å². The molecule has 184 valence electrons. The quantitative estimate of drug-likeness (QED) is 0.302. The van der Waals surface area contributed by atoms with Crippen LogP contribution in [0.3, 0.4) is 0 Å². The van der Waals surface area contributed by atoms with Gasteiger partial charge in [-0.05, 0) is 56.7 Å². The van der Waals surface area contributed by atoms with Crippen molar-refractivity contribution in [2.75, 3.05) is 0 Å². The molecule has 0 fully saturated rings. The summed E-state index contributed by atoms with van der Waals surface area (Å²) in [4.78, 5) is 28.0. The lowest BCUT2D eigenvalue weighted by Gasteiger charge is -2.13. The first-order valence-electron chi connectivity index (χ1n) is 12.2. The maximum Gasteiger partial charge on any atom is 0.279 e. The third-order valence-corrected chi connectivity index (χ3v) is 7.80. The lowest BCUT2D eigenvalue weighted by Crippen LogP contribution is -2.21. The number of nitrogens with two attached hydrogens (primary N) is 1. The zero-order chi connectivity index (χ0) is 25.1. The third-order valence-electron chi connectivity index (χ3n) is 6.86. The van der Waals surface area contributed by atoms with Gasteiger partial charge in [-0.25, -0.2) is 4.68 Å². The van der Waals surface area contributed by atoms with E-state index in [9.17, 15) is 9.59 Å². The summed E-state index contributed by atoms with van der Waals surface area (Å²) in [5, 5.41) is 2.08. The van der Waals surface area contributed by atoms with Crippen LogP contribution in [0.2, 0.25) is 0 Å². The van der Waals surface area contributed by atoms with Crippen molar-refractivity contribution in [1.29, 1.82) is 0 Å². The van der Waals surface area contributed by atoms with Crippen LogP contribution < -0.4 is 11.3 Å². The first-order valence-corrected chi connectivity index (χ1v) is 13.1. The van der Waals surface area contributed by atoms with Gasteiger partial charge < -0.3 is 10.3 Å². The third kappa shape index (κ3) is 4.65. The zero-order valence-electron chi connectivity index (χ0n) is 21.0. The average Bonchev–Trinajstić information content (AvgIpc) is 3.50. The first kappa shape index (κ1) is 24.8. The molecule has 3 aromatic heterocycles. The molecule has 0 radical (unpaired) electrons. The molecule has 7 heteroatoms. The molecule has 3 heterocycles. The van der Waals surface area contributed by atoms with Gasteiger partial charge in [0.25, 0.3) is 11.5 Å². The highest BCUT2D eigenvalue weighted by molar-refractivity contribution is 7.09.